The van der Waals surface area contributed by atoms with Gasteiger partial charge in [-0.05, 0) is 49.2 Å². The van der Waals surface area contributed by atoms with Crippen molar-refractivity contribution in [1.82, 2.24) is 4.31 Å². The summed E-state index contributed by atoms with van der Waals surface area (Å²) in [4.78, 5) is 12.6. The lowest BCUT2D eigenvalue weighted by molar-refractivity contribution is -0.120. The molecule has 1 saturated heterocycles. The summed E-state index contributed by atoms with van der Waals surface area (Å²) in [6.07, 6.45) is 1.10. The van der Waals surface area contributed by atoms with Gasteiger partial charge in [-0.2, -0.15) is 4.31 Å². The summed E-state index contributed by atoms with van der Waals surface area (Å²) in [6.45, 7) is 0.364. The zero-order chi connectivity index (χ0) is 20.3. The molecule has 1 fully saturated rings. The molecule has 1 aliphatic heterocycles. The van der Waals surface area contributed by atoms with E-state index in [4.69, 9.17) is 16.3 Å². The van der Waals surface area contributed by atoms with Gasteiger partial charge in [0.1, 0.15) is 11.6 Å². The standard InChI is InChI=1S/C19H20ClFN2O4S/c1-27-18-8-7-16(11-17(18)20)28(25,26)23-9-3-4-13(12-23)19(24)22-15-6-2-5-14(21)10-15/h2,5-8,10-11,13H,3-4,9,12H2,1H3,(H,22,24)/t13-/m0/s1. The van der Waals surface area contributed by atoms with Crippen molar-refractivity contribution in [1.29, 1.82) is 0 Å². The molecular formula is C19H20ClFN2O4S. The highest BCUT2D eigenvalue weighted by molar-refractivity contribution is 7.89. The van der Waals surface area contributed by atoms with Gasteiger partial charge in [0, 0.05) is 18.8 Å². The molecule has 0 aliphatic carbocycles. The van der Waals surface area contributed by atoms with Crippen molar-refractivity contribution >= 4 is 33.2 Å². The lowest BCUT2D eigenvalue weighted by Gasteiger charge is -2.31. The predicted octanol–water partition coefficient (Wildman–Crippen LogP) is 3.53. The summed E-state index contributed by atoms with van der Waals surface area (Å²) in [6, 6.07) is 9.84. The van der Waals surface area contributed by atoms with Gasteiger partial charge in [0.2, 0.25) is 15.9 Å². The normalized spacial score (nSPS) is 17.9. The topological polar surface area (TPSA) is 75.7 Å². The molecule has 1 heterocycles. The van der Waals surface area contributed by atoms with Crippen LogP contribution in [-0.4, -0.2) is 38.8 Å². The Balaban J connectivity index is 1.74. The second kappa shape index (κ2) is 8.46. The molecule has 1 aliphatic rings. The van der Waals surface area contributed by atoms with Crippen LogP contribution in [0, 0.1) is 11.7 Å². The fraction of sp³-hybridized carbons (Fsp3) is 0.316. The molecule has 1 N–H and O–H groups in total. The second-order valence-electron chi connectivity index (χ2n) is 6.50. The lowest BCUT2D eigenvalue weighted by atomic mass is 9.99. The summed E-state index contributed by atoms with van der Waals surface area (Å²) in [5, 5.41) is 2.85. The maximum Gasteiger partial charge on any atom is 0.243 e. The first-order valence-electron chi connectivity index (χ1n) is 8.71. The average Bonchev–Trinajstić information content (AvgIpc) is 2.68. The van der Waals surface area contributed by atoms with Crippen molar-refractivity contribution in [3.63, 3.8) is 0 Å². The number of anilines is 1. The summed E-state index contributed by atoms with van der Waals surface area (Å²) in [5.41, 5.74) is 0.340. The number of carbonyl (C=O) groups is 1. The first-order chi connectivity index (χ1) is 13.3. The van der Waals surface area contributed by atoms with Crippen molar-refractivity contribution in [2.45, 2.75) is 17.7 Å². The molecule has 28 heavy (non-hydrogen) atoms. The molecule has 9 heteroatoms. The number of methoxy groups -OCH3 is 1. The van der Waals surface area contributed by atoms with Crippen LogP contribution < -0.4 is 10.1 Å². The van der Waals surface area contributed by atoms with Crippen LogP contribution in [0.15, 0.2) is 47.4 Å². The maximum atomic E-state index is 13.3. The Bertz CT molecular complexity index is 984. The number of halogens is 2. The van der Waals surface area contributed by atoms with E-state index in [0.29, 0.717) is 30.8 Å². The van der Waals surface area contributed by atoms with Crippen molar-refractivity contribution in [2.75, 3.05) is 25.5 Å². The smallest absolute Gasteiger partial charge is 0.243 e. The Morgan fingerprint density at radius 3 is 2.75 bits per heavy atom. The number of carbonyl (C=O) groups excluding carboxylic acids is 1. The third-order valence-electron chi connectivity index (χ3n) is 4.61. The van der Waals surface area contributed by atoms with Gasteiger partial charge in [-0.1, -0.05) is 17.7 Å². The van der Waals surface area contributed by atoms with Gasteiger partial charge in [0.05, 0.1) is 22.9 Å². The molecule has 3 rings (SSSR count). The molecule has 1 atom stereocenters. The van der Waals surface area contributed by atoms with Gasteiger partial charge in [-0.15, -0.1) is 0 Å². The summed E-state index contributed by atoms with van der Waals surface area (Å²) in [5.74, 6) is -0.938. The van der Waals surface area contributed by atoms with E-state index >= 15 is 0 Å². The van der Waals surface area contributed by atoms with E-state index < -0.39 is 21.8 Å². The molecule has 0 saturated carbocycles. The number of hydrogen-bond donors (Lipinski definition) is 1. The van der Waals surface area contributed by atoms with Gasteiger partial charge in [0.15, 0.2) is 0 Å². The number of hydrogen-bond acceptors (Lipinski definition) is 4. The Hall–Kier alpha value is -2.16. The molecule has 150 valence electrons. The highest BCUT2D eigenvalue weighted by Gasteiger charge is 2.33. The largest absolute Gasteiger partial charge is 0.495 e. The third-order valence-corrected chi connectivity index (χ3v) is 6.76. The monoisotopic (exact) mass is 426 g/mol. The average molecular weight is 427 g/mol. The summed E-state index contributed by atoms with van der Waals surface area (Å²) in [7, 11) is -2.36. The first kappa shape index (κ1) is 20.6. The number of nitrogens with zero attached hydrogens (tertiary/aromatic N) is 1. The maximum absolute atomic E-state index is 13.3. The molecule has 2 aromatic carbocycles. The van der Waals surface area contributed by atoms with Crippen LogP contribution in [0.4, 0.5) is 10.1 Å². The number of piperidine rings is 1. The van der Waals surface area contributed by atoms with Crippen LogP contribution in [0.3, 0.4) is 0 Å². The molecule has 6 nitrogen and oxygen atoms in total. The molecular weight excluding hydrogens is 407 g/mol. The van der Waals surface area contributed by atoms with E-state index in [1.165, 1.54) is 47.8 Å². The number of rotatable bonds is 5. The molecule has 2 aromatic rings. The van der Waals surface area contributed by atoms with Crippen LogP contribution in [0.1, 0.15) is 12.8 Å². The van der Waals surface area contributed by atoms with Gasteiger partial charge in [0.25, 0.3) is 0 Å². The summed E-state index contributed by atoms with van der Waals surface area (Å²) < 4.78 is 45.5. The number of amides is 1. The Labute approximate surface area is 168 Å². The second-order valence-corrected chi connectivity index (χ2v) is 8.84. The van der Waals surface area contributed by atoms with Crippen LogP contribution in [0.5, 0.6) is 5.75 Å². The number of benzene rings is 2. The minimum Gasteiger partial charge on any atom is -0.495 e. The highest BCUT2D eigenvalue weighted by atomic mass is 35.5. The minimum atomic E-state index is -3.80. The Morgan fingerprint density at radius 2 is 2.07 bits per heavy atom. The lowest BCUT2D eigenvalue weighted by Crippen LogP contribution is -2.43. The first-order valence-corrected chi connectivity index (χ1v) is 10.5. The van der Waals surface area contributed by atoms with Crippen molar-refractivity contribution in [3.05, 3.63) is 53.3 Å². The van der Waals surface area contributed by atoms with Crippen LogP contribution in [0.2, 0.25) is 5.02 Å². The van der Waals surface area contributed by atoms with Crippen molar-refractivity contribution in [2.24, 2.45) is 5.92 Å². The van der Waals surface area contributed by atoms with E-state index in [9.17, 15) is 17.6 Å². The van der Waals surface area contributed by atoms with Gasteiger partial charge < -0.3 is 10.1 Å². The fourth-order valence-corrected chi connectivity index (χ4v) is 5.01. The van der Waals surface area contributed by atoms with E-state index in [1.54, 1.807) is 6.07 Å². The molecule has 0 unspecified atom stereocenters. The van der Waals surface area contributed by atoms with E-state index in [0.717, 1.165) is 0 Å². The van der Waals surface area contributed by atoms with Crippen LogP contribution in [-0.2, 0) is 14.8 Å². The van der Waals surface area contributed by atoms with E-state index in [2.05, 4.69) is 5.32 Å². The molecule has 0 radical (unpaired) electrons. The zero-order valence-electron chi connectivity index (χ0n) is 15.2. The van der Waals surface area contributed by atoms with Crippen LogP contribution >= 0.6 is 11.6 Å². The van der Waals surface area contributed by atoms with Crippen LogP contribution in [0.25, 0.3) is 0 Å². The third kappa shape index (κ3) is 4.45. The Kier molecular flexibility index (Phi) is 6.22. The number of sulfonamides is 1. The molecule has 0 spiro atoms. The molecule has 1 amide bonds. The number of nitrogens with one attached hydrogen (secondary N) is 1. The van der Waals surface area contributed by atoms with Crippen molar-refractivity contribution in [3.8, 4) is 5.75 Å². The SMILES string of the molecule is COc1ccc(S(=O)(=O)N2CCC[C@H](C(=O)Nc3cccc(F)c3)C2)cc1Cl. The van der Waals surface area contributed by atoms with Crippen molar-refractivity contribution < 1.29 is 22.3 Å². The van der Waals surface area contributed by atoms with E-state index in [1.807, 2.05) is 0 Å². The highest BCUT2D eigenvalue weighted by Crippen LogP contribution is 2.30. The fourth-order valence-electron chi connectivity index (χ4n) is 3.14. The Morgan fingerprint density at radius 1 is 1.29 bits per heavy atom. The summed E-state index contributed by atoms with van der Waals surface area (Å²) >= 11 is 6.05. The molecule has 0 aromatic heterocycles. The van der Waals surface area contributed by atoms with E-state index in [-0.39, 0.29) is 22.4 Å². The van der Waals surface area contributed by atoms with Gasteiger partial charge in [-0.25, -0.2) is 12.8 Å². The predicted molar refractivity (Wildman–Crippen MR) is 105 cm³/mol. The minimum absolute atomic E-state index is 0.0458. The molecule has 0 bridgehead atoms. The number of ether oxygens (including phenoxy) is 1. The quantitative estimate of drug-likeness (QED) is 0.793. The van der Waals surface area contributed by atoms with Gasteiger partial charge >= 0.3 is 0 Å². The zero-order valence-corrected chi connectivity index (χ0v) is 16.8. The van der Waals surface area contributed by atoms with Gasteiger partial charge in [-0.3, -0.25) is 4.79 Å².